The van der Waals surface area contributed by atoms with Gasteiger partial charge in [-0.15, -0.1) is 0 Å². The van der Waals surface area contributed by atoms with Crippen molar-refractivity contribution < 1.29 is 14.1 Å². The van der Waals surface area contributed by atoms with Crippen LogP contribution in [0.15, 0.2) is 34.9 Å². The predicted octanol–water partition coefficient (Wildman–Crippen LogP) is 3.32. The van der Waals surface area contributed by atoms with Crippen LogP contribution in [0, 0.1) is 0 Å². The molecule has 1 aliphatic rings. The number of hydrogen-bond donors (Lipinski definition) is 1. The summed E-state index contributed by atoms with van der Waals surface area (Å²) in [5.74, 6) is 0.952. The van der Waals surface area contributed by atoms with Crippen LogP contribution >= 0.6 is 11.6 Å². The monoisotopic (exact) mass is 320 g/mol. The van der Waals surface area contributed by atoms with Gasteiger partial charge in [0, 0.05) is 36.2 Å². The third-order valence-corrected chi connectivity index (χ3v) is 4.07. The molecule has 1 saturated carbocycles. The van der Waals surface area contributed by atoms with E-state index in [1.807, 2.05) is 18.2 Å². The maximum absolute atomic E-state index is 12.1. The summed E-state index contributed by atoms with van der Waals surface area (Å²) in [5.41, 5.74) is 1.14. The average molecular weight is 321 g/mol. The molecule has 6 heteroatoms. The number of carbonyl (C=O) groups is 1. The molecule has 22 heavy (non-hydrogen) atoms. The molecular formula is C16H17ClN2O3. The van der Waals surface area contributed by atoms with Crippen molar-refractivity contribution in [2.45, 2.75) is 24.9 Å². The number of rotatable bonds is 6. The van der Waals surface area contributed by atoms with Crippen LogP contribution in [0.1, 0.15) is 46.7 Å². The molecule has 1 unspecified atom stereocenters. The van der Waals surface area contributed by atoms with Crippen LogP contribution in [0.2, 0.25) is 5.02 Å². The molecule has 0 bridgehead atoms. The summed E-state index contributed by atoms with van der Waals surface area (Å²) in [7, 11) is 1.58. The van der Waals surface area contributed by atoms with Crippen LogP contribution in [0.5, 0.6) is 0 Å². The topological polar surface area (TPSA) is 64.4 Å². The third kappa shape index (κ3) is 3.31. The molecule has 1 aliphatic carbocycles. The van der Waals surface area contributed by atoms with E-state index in [0.717, 1.165) is 24.2 Å². The SMILES string of the molecule is COC(CNC(=O)c1cc(C2CC2)on1)c1ccccc1Cl. The van der Waals surface area contributed by atoms with Gasteiger partial charge in [0.1, 0.15) is 11.9 Å². The first-order chi connectivity index (χ1) is 10.7. The highest BCUT2D eigenvalue weighted by Crippen LogP contribution is 2.40. The number of nitrogens with one attached hydrogen (secondary N) is 1. The molecule has 3 rings (SSSR count). The van der Waals surface area contributed by atoms with Crippen LogP contribution in [-0.2, 0) is 4.74 Å². The molecule has 0 saturated heterocycles. The Balaban J connectivity index is 1.62. The lowest BCUT2D eigenvalue weighted by atomic mass is 10.1. The second-order valence-electron chi connectivity index (χ2n) is 5.34. The molecule has 1 aromatic heterocycles. The number of halogens is 1. The van der Waals surface area contributed by atoms with E-state index in [9.17, 15) is 4.79 Å². The van der Waals surface area contributed by atoms with Gasteiger partial charge in [-0.3, -0.25) is 4.79 Å². The summed E-state index contributed by atoms with van der Waals surface area (Å²) in [4.78, 5) is 12.1. The number of carbonyl (C=O) groups excluding carboxylic acids is 1. The van der Waals surface area contributed by atoms with E-state index >= 15 is 0 Å². The number of amides is 1. The van der Waals surface area contributed by atoms with Gasteiger partial charge < -0.3 is 14.6 Å². The minimum Gasteiger partial charge on any atom is -0.375 e. The van der Waals surface area contributed by atoms with E-state index in [0.29, 0.717) is 23.2 Å². The molecule has 1 amide bonds. The molecule has 0 aliphatic heterocycles. The number of ether oxygens (including phenoxy) is 1. The Morgan fingerprint density at radius 3 is 2.95 bits per heavy atom. The van der Waals surface area contributed by atoms with Crippen LogP contribution in [0.25, 0.3) is 0 Å². The molecule has 1 aromatic carbocycles. The minimum atomic E-state index is -0.313. The second-order valence-corrected chi connectivity index (χ2v) is 5.75. The molecule has 116 valence electrons. The lowest BCUT2D eigenvalue weighted by molar-refractivity contribution is 0.0821. The molecular weight excluding hydrogens is 304 g/mol. The van der Waals surface area contributed by atoms with Crippen LogP contribution in [0.4, 0.5) is 0 Å². The molecule has 1 fully saturated rings. The van der Waals surface area contributed by atoms with Crippen molar-refractivity contribution in [1.82, 2.24) is 10.5 Å². The average Bonchev–Trinajstić information content (AvgIpc) is 3.26. The zero-order chi connectivity index (χ0) is 15.5. The van der Waals surface area contributed by atoms with Gasteiger partial charge in [-0.2, -0.15) is 0 Å². The maximum atomic E-state index is 12.1. The summed E-state index contributed by atoms with van der Waals surface area (Å²) in [6.45, 7) is 0.310. The van der Waals surface area contributed by atoms with Crippen molar-refractivity contribution >= 4 is 17.5 Å². The number of nitrogens with zero attached hydrogens (tertiary/aromatic N) is 1. The maximum Gasteiger partial charge on any atom is 0.273 e. The third-order valence-electron chi connectivity index (χ3n) is 3.73. The first kappa shape index (κ1) is 15.1. The number of benzene rings is 1. The molecule has 5 nitrogen and oxygen atoms in total. The van der Waals surface area contributed by atoms with Gasteiger partial charge in [-0.25, -0.2) is 0 Å². The fourth-order valence-corrected chi connectivity index (χ4v) is 2.55. The molecule has 0 spiro atoms. The van der Waals surface area contributed by atoms with Crippen LogP contribution in [0.3, 0.4) is 0 Å². The Labute approximate surface area is 133 Å². The summed E-state index contributed by atoms with van der Waals surface area (Å²) in [6.07, 6.45) is 1.90. The van der Waals surface area contributed by atoms with E-state index in [2.05, 4.69) is 10.5 Å². The molecule has 0 radical (unpaired) electrons. The Morgan fingerprint density at radius 2 is 2.27 bits per heavy atom. The Bertz CT molecular complexity index is 667. The van der Waals surface area contributed by atoms with E-state index in [1.165, 1.54) is 0 Å². The van der Waals surface area contributed by atoms with Gasteiger partial charge in [-0.05, 0) is 18.9 Å². The standard InChI is InChI=1S/C16H17ClN2O3/c1-21-15(11-4-2-3-5-12(11)17)9-18-16(20)13-8-14(22-19-13)10-6-7-10/h2-5,8,10,15H,6-7,9H2,1H3,(H,18,20). The number of hydrogen-bond acceptors (Lipinski definition) is 4. The number of aromatic nitrogens is 1. The summed E-state index contributed by atoms with van der Waals surface area (Å²) >= 11 is 6.16. The quantitative estimate of drug-likeness (QED) is 0.886. The largest absolute Gasteiger partial charge is 0.375 e. The Hall–Kier alpha value is -1.85. The van der Waals surface area contributed by atoms with Crippen molar-refractivity contribution in [3.63, 3.8) is 0 Å². The Kier molecular flexibility index (Phi) is 4.45. The summed E-state index contributed by atoms with van der Waals surface area (Å²) in [6, 6.07) is 9.12. The summed E-state index contributed by atoms with van der Waals surface area (Å²) < 4.78 is 10.6. The predicted molar refractivity (Wildman–Crippen MR) is 82.0 cm³/mol. The van der Waals surface area contributed by atoms with E-state index in [-0.39, 0.29) is 12.0 Å². The Morgan fingerprint density at radius 1 is 1.50 bits per heavy atom. The van der Waals surface area contributed by atoms with Gasteiger partial charge in [0.15, 0.2) is 5.69 Å². The van der Waals surface area contributed by atoms with Crippen molar-refractivity contribution in [2.75, 3.05) is 13.7 Å². The number of methoxy groups -OCH3 is 1. The van der Waals surface area contributed by atoms with Crippen LogP contribution in [-0.4, -0.2) is 24.7 Å². The van der Waals surface area contributed by atoms with Gasteiger partial charge in [0.05, 0.1) is 0 Å². The minimum absolute atomic E-state index is 0.273. The van der Waals surface area contributed by atoms with E-state index in [1.54, 1.807) is 19.2 Å². The van der Waals surface area contributed by atoms with Crippen molar-refractivity contribution in [3.05, 3.63) is 52.4 Å². The van der Waals surface area contributed by atoms with Gasteiger partial charge in [0.2, 0.25) is 0 Å². The molecule has 1 atom stereocenters. The highest BCUT2D eigenvalue weighted by Gasteiger charge is 2.29. The normalized spacial score (nSPS) is 15.5. The molecule has 2 aromatic rings. The van der Waals surface area contributed by atoms with Crippen molar-refractivity contribution in [1.29, 1.82) is 0 Å². The van der Waals surface area contributed by atoms with Gasteiger partial charge in [-0.1, -0.05) is 35.0 Å². The highest BCUT2D eigenvalue weighted by atomic mass is 35.5. The zero-order valence-corrected chi connectivity index (χ0v) is 13.0. The van der Waals surface area contributed by atoms with E-state index < -0.39 is 0 Å². The lowest BCUT2D eigenvalue weighted by Crippen LogP contribution is -2.29. The highest BCUT2D eigenvalue weighted by molar-refractivity contribution is 6.31. The fourth-order valence-electron chi connectivity index (χ4n) is 2.29. The van der Waals surface area contributed by atoms with E-state index in [4.69, 9.17) is 20.9 Å². The van der Waals surface area contributed by atoms with Crippen LogP contribution < -0.4 is 5.32 Å². The van der Waals surface area contributed by atoms with Crippen molar-refractivity contribution in [2.24, 2.45) is 0 Å². The fraction of sp³-hybridized carbons (Fsp3) is 0.375. The van der Waals surface area contributed by atoms with Crippen molar-refractivity contribution in [3.8, 4) is 0 Å². The summed E-state index contributed by atoms with van der Waals surface area (Å²) in [5, 5.41) is 7.23. The lowest BCUT2D eigenvalue weighted by Gasteiger charge is -2.17. The first-order valence-corrected chi connectivity index (χ1v) is 7.59. The second kappa shape index (κ2) is 6.50. The van der Waals surface area contributed by atoms with Gasteiger partial charge in [0.25, 0.3) is 5.91 Å². The molecule has 1 N–H and O–H groups in total. The van der Waals surface area contributed by atoms with Gasteiger partial charge >= 0.3 is 0 Å². The molecule has 1 heterocycles. The smallest absolute Gasteiger partial charge is 0.273 e. The zero-order valence-electron chi connectivity index (χ0n) is 12.2. The first-order valence-electron chi connectivity index (χ1n) is 7.21.